The molecule has 0 bridgehead atoms. The summed E-state index contributed by atoms with van der Waals surface area (Å²) in [4.78, 5) is 1.89. The number of hydrogen-bond donors (Lipinski definition) is 1. The quantitative estimate of drug-likeness (QED) is 0.853. The molecule has 0 saturated heterocycles. The largest absolute Gasteiger partial charge is 0.508 e. The minimum absolute atomic E-state index is 0. The average molecular weight is 304 g/mol. The van der Waals surface area contributed by atoms with Crippen LogP contribution in [0.2, 0.25) is 0 Å². The van der Waals surface area contributed by atoms with Crippen molar-refractivity contribution in [2.75, 3.05) is 20.6 Å². The van der Waals surface area contributed by atoms with Crippen molar-refractivity contribution in [2.24, 2.45) is 5.92 Å². The van der Waals surface area contributed by atoms with Crippen molar-refractivity contribution >= 4 is 24.0 Å². The number of aromatic hydroxyl groups is 1. The summed E-state index contributed by atoms with van der Waals surface area (Å²) >= 11 is 6.94. The Labute approximate surface area is 127 Å². The number of alkyl halides is 1. The van der Waals surface area contributed by atoms with Gasteiger partial charge in [-0.15, -0.1) is 24.0 Å². The summed E-state index contributed by atoms with van der Waals surface area (Å²) in [6, 6.07) is 7.45. The summed E-state index contributed by atoms with van der Waals surface area (Å²) in [6.45, 7) is 0.999. The predicted octanol–water partition coefficient (Wildman–Crippen LogP) is 4.00. The minimum atomic E-state index is -0.318. The maximum absolute atomic E-state index is 9.66. The standard InChI is InChI=1S/C15H22ClNO.ClH/c1-17(2)11-13-6-3-4-9-15(13,16)12-7-5-8-14(18)10-12;/h5,7-8,10,13,18H,3-4,6,9,11H2,1-2H3;1H/t13-,15+;/m1./s1. The van der Waals surface area contributed by atoms with Crippen LogP contribution in [0.3, 0.4) is 0 Å². The van der Waals surface area contributed by atoms with E-state index in [0.717, 1.165) is 24.9 Å². The summed E-state index contributed by atoms with van der Waals surface area (Å²) in [7, 11) is 4.18. The lowest BCUT2D eigenvalue weighted by atomic mass is 9.74. The molecule has 1 aliphatic rings. The lowest BCUT2D eigenvalue weighted by Crippen LogP contribution is -2.39. The van der Waals surface area contributed by atoms with E-state index in [1.54, 1.807) is 6.07 Å². The summed E-state index contributed by atoms with van der Waals surface area (Å²) in [5, 5.41) is 9.66. The highest BCUT2D eigenvalue weighted by molar-refractivity contribution is 6.24. The maximum atomic E-state index is 9.66. The van der Waals surface area contributed by atoms with Crippen LogP contribution in [0.4, 0.5) is 0 Å². The third kappa shape index (κ3) is 3.77. The smallest absolute Gasteiger partial charge is 0.115 e. The van der Waals surface area contributed by atoms with E-state index in [0.29, 0.717) is 11.7 Å². The molecular weight excluding hydrogens is 281 g/mol. The van der Waals surface area contributed by atoms with Gasteiger partial charge in [-0.3, -0.25) is 0 Å². The second-order valence-corrected chi connectivity index (χ2v) is 6.29. The van der Waals surface area contributed by atoms with Gasteiger partial charge in [0.25, 0.3) is 0 Å². The Morgan fingerprint density at radius 3 is 2.74 bits per heavy atom. The molecule has 1 fully saturated rings. The Hall–Kier alpha value is -0.440. The molecule has 0 aliphatic heterocycles. The van der Waals surface area contributed by atoms with Gasteiger partial charge in [0.1, 0.15) is 5.75 Å². The zero-order valence-corrected chi connectivity index (χ0v) is 13.2. The van der Waals surface area contributed by atoms with E-state index >= 15 is 0 Å². The molecule has 0 radical (unpaired) electrons. The maximum Gasteiger partial charge on any atom is 0.115 e. The molecule has 2 atom stereocenters. The van der Waals surface area contributed by atoms with E-state index in [4.69, 9.17) is 11.6 Å². The van der Waals surface area contributed by atoms with Crippen LogP contribution < -0.4 is 0 Å². The monoisotopic (exact) mass is 303 g/mol. The van der Waals surface area contributed by atoms with Crippen molar-refractivity contribution in [3.05, 3.63) is 29.8 Å². The van der Waals surface area contributed by atoms with Crippen molar-refractivity contribution < 1.29 is 5.11 Å². The molecule has 0 unspecified atom stereocenters. The van der Waals surface area contributed by atoms with Gasteiger partial charge in [0.05, 0.1) is 4.87 Å². The molecule has 1 N–H and O–H groups in total. The van der Waals surface area contributed by atoms with Gasteiger partial charge < -0.3 is 10.0 Å². The molecule has 2 rings (SSSR count). The number of hydrogen-bond acceptors (Lipinski definition) is 2. The zero-order valence-electron chi connectivity index (χ0n) is 11.6. The highest BCUT2D eigenvalue weighted by Crippen LogP contribution is 2.47. The Kier molecular flexibility index (Phi) is 5.97. The van der Waals surface area contributed by atoms with Gasteiger partial charge in [0.15, 0.2) is 0 Å². The third-order valence-corrected chi connectivity index (χ3v) is 4.62. The first-order valence-corrected chi connectivity index (χ1v) is 7.03. The average Bonchev–Trinajstić information content (AvgIpc) is 2.32. The Bertz CT molecular complexity index is 411. The van der Waals surface area contributed by atoms with E-state index in [-0.39, 0.29) is 17.3 Å². The Morgan fingerprint density at radius 1 is 1.37 bits per heavy atom. The number of phenolic OH excluding ortho intramolecular Hbond substituents is 1. The fraction of sp³-hybridized carbons (Fsp3) is 0.600. The molecule has 0 spiro atoms. The Balaban J connectivity index is 0.00000180. The summed E-state index contributed by atoms with van der Waals surface area (Å²) in [6.07, 6.45) is 4.59. The van der Waals surface area contributed by atoms with E-state index in [2.05, 4.69) is 19.0 Å². The third-order valence-electron chi connectivity index (χ3n) is 3.90. The van der Waals surface area contributed by atoms with Crippen molar-refractivity contribution in [1.29, 1.82) is 0 Å². The summed E-state index contributed by atoms with van der Waals surface area (Å²) in [5.74, 6) is 0.756. The van der Waals surface area contributed by atoms with Gasteiger partial charge in [0.2, 0.25) is 0 Å². The van der Waals surface area contributed by atoms with Crippen molar-refractivity contribution in [1.82, 2.24) is 4.90 Å². The van der Waals surface area contributed by atoms with Gasteiger partial charge in [-0.25, -0.2) is 0 Å². The van der Waals surface area contributed by atoms with Crippen LogP contribution in [0.15, 0.2) is 24.3 Å². The predicted molar refractivity (Wildman–Crippen MR) is 83.4 cm³/mol. The normalized spacial score (nSPS) is 27.1. The van der Waals surface area contributed by atoms with Crippen molar-refractivity contribution in [3.63, 3.8) is 0 Å². The minimum Gasteiger partial charge on any atom is -0.508 e. The first kappa shape index (κ1) is 16.6. The second-order valence-electron chi connectivity index (χ2n) is 5.62. The van der Waals surface area contributed by atoms with Crippen molar-refractivity contribution in [2.45, 2.75) is 30.6 Å². The van der Waals surface area contributed by atoms with Crippen LogP contribution in [-0.4, -0.2) is 30.6 Å². The number of benzene rings is 1. The molecule has 1 aromatic rings. The molecule has 19 heavy (non-hydrogen) atoms. The van der Waals surface area contributed by atoms with Crippen LogP contribution in [0.1, 0.15) is 31.2 Å². The number of rotatable bonds is 3. The molecule has 108 valence electrons. The van der Waals surface area contributed by atoms with Crippen LogP contribution in [0.5, 0.6) is 5.75 Å². The lowest BCUT2D eigenvalue weighted by molar-refractivity contribution is 0.207. The molecular formula is C15H23Cl2NO. The molecule has 0 heterocycles. The molecule has 4 heteroatoms. The topological polar surface area (TPSA) is 23.5 Å². The van der Waals surface area contributed by atoms with Crippen molar-refractivity contribution in [3.8, 4) is 5.75 Å². The first-order chi connectivity index (χ1) is 8.52. The van der Waals surface area contributed by atoms with Gasteiger partial charge in [-0.2, -0.15) is 0 Å². The molecule has 0 amide bonds. The lowest BCUT2D eigenvalue weighted by Gasteiger charge is -2.41. The number of nitrogens with zero attached hydrogens (tertiary/aromatic N) is 1. The van der Waals surface area contributed by atoms with Gasteiger partial charge in [0, 0.05) is 6.54 Å². The summed E-state index contributed by atoms with van der Waals surface area (Å²) in [5.41, 5.74) is 1.07. The van der Waals surface area contributed by atoms with E-state index in [1.807, 2.05) is 18.2 Å². The summed E-state index contributed by atoms with van der Waals surface area (Å²) < 4.78 is 0. The second kappa shape index (κ2) is 6.83. The van der Waals surface area contributed by atoms with Crippen LogP contribution in [0, 0.1) is 5.92 Å². The molecule has 2 nitrogen and oxygen atoms in total. The molecule has 0 aromatic heterocycles. The van der Waals surface area contributed by atoms with E-state index in [1.165, 1.54) is 12.8 Å². The Morgan fingerprint density at radius 2 is 2.11 bits per heavy atom. The number of halogens is 2. The van der Waals surface area contributed by atoms with Crippen LogP contribution >= 0.6 is 24.0 Å². The van der Waals surface area contributed by atoms with Crippen LogP contribution in [0.25, 0.3) is 0 Å². The molecule has 1 saturated carbocycles. The highest BCUT2D eigenvalue weighted by atomic mass is 35.5. The first-order valence-electron chi connectivity index (χ1n) is 6.65. The van der Waals surface area contributed by atoms with E-state index < -0.39 is 0 Å². The fourth-order valence-corrected chi connectivity index (χ4v) is 3.46. The van der Waals surface area contributed by atoms with Gasteiger partial charge in [-0.05, 0) is 50.6 Å². The van der Waals surface area contributed by atoms with Crippen LogP contribution in [-0.2, 0) is 4.87 Å². The van der Waals surface area contributed by atoms with Gasteiger partial charge >= 0.3 is 0 Å². The highest BCUT2D eigenvalue weighted by Gasteiger charge is 2.40. The number of phenols is 1. The zero-order chi connectivity index (χ0) is 13.2. The van der Waals surface area contributed by atoms with Gasteiger partial charge in [-0.1, -0.05) is 25.0 Å². The SMILES string of the molecule is CN(C)C[C@H]1CCCC[C@]1(Cl)c1cccc(O)c1.Cl. The fourth-order valence-electron chi connectivity index (χ4n) is 3.03. The molecule has 1 aromatic carbocycles. The molecule has 1 aliphatic carbocycles. The van der Waals surface area contributed by atoms with E-state index in [9.17, 15) is 5.11 Å².